The van der Waals surface area contributed by atoms with Crippen LogP contribution in [0.25, 0.3) is 11.2 Å². The van der Waals surface area contributed by atoms with Crippen LogP contribution in [0.1, 0.15) is 6.23 Å². The van der Waals surface area contributed by atoms with E-state index >= 15 is 0 Å². The smallest absolute Gasteiger partial charge is 0.386 e. The molecular formula is C22H19ClN5O6PS. The molecule has 2 aromatic heterocycles. The molecule has 0 spiro atoms. The molecule has 2 aromatic carbocycles. The maximum absolute atomic E-state index is 12.0. The molecule has 2 saturated heterocycles. The van der Waals surface area contributed by atoms with Crippen LogP contribution in [0.5, 0.6) is 0 Å². The van der Waals surface area contributed by atoms with Gasteiger partial charge in [-0.2, -0.15) is 0 Å². The first-order valence-corrected chi connectivity index (χ1v) is 13.5. The highest BCUT2D eigenvalue weighted by atomic mass is 35.5. The number of hydrogen-bond donors (Lipinski definition) is 3. The fraction of sp³-hybridized carbons (Fsp3) is 0.227. The third-order valence-corrected chi connectivity index (χ3v) is 7.94. The molecule has 0 saturated carbocycles. The summed E-state index contributed by atoms with van der Waals surface area (Å²) in [4.78, 5) is 24.2. The Morgan fingerprint density at radius 1 is 1.14 bits per heavy atom. The zero-order chi connectivity index (χ0) is 24.9. The largest absolute Gasteiger partial charge is 0.472 e. The highest BCUT2D eigenvalue weighted by molar-refractivity contribution is 7.99. The van der Waals surface area contributed by atoms with Crippen molar-refractivity contribution in [3.05, 3.63) is 65.9 Å². The Bertz CT molecular complexity index is 1460. The van der Waals surface area contributed by atoms with Crippen molar-refractivity contribution in [2.24, 2.45) is 0 Å². The van der Waals surface area contributed by atoms with Crippen molar-refractivity contribution in [2.75, 3.05) is 11.9 Å². The number of halogens is 1. The zero-order valence-corrected chi connectivity index (χ0v) is 20.8. The van der Waals surface area contributed by atoms with Crippen molar-refractivity contribution in [3.8, 4) is 0 Å². The summed E-state index contributed by atoms with van der Waals surface area (Å²) in [5, 5.41) is 15.4. The molecule has 4 heterocycles. The topological polar surface area (TPSA) is 141 Å². The second-order valence-corrected chi connectivity index (χ2v) is 11.0. The summed E-state index contributed by atoms with van der Waals surface area (Å²) in [6.07, 6.45) is -2.73. The standard InChI is InChI=1S/C22H19ClN5O6PS/c23-12-6-8-14(9-7-12)36-22-27-16-19(26-13-4-2-1-3-5-13)24-11-25-20(16)28(22)21-17(29)18-15(33-21)10-32-35(30,31)34-18/h1-9,11,15,17-18,21,29H,10H2,(H,30,31)(H,24,25,26)/t15-,17-,18-,21-/m1/s1. The first kappa shape index (κ1) is 23.8. The molecule has 5 atom stereocenters. The summed E-state index contributed by atoms with van der Waals surface area (Å²) < 4.78 is 29.7. The minimum Gasteiger partial charge on any atom is -0.386 e. The van der Waals surface area contributed by atoms with Gasteiger partial charge in [-0.25, -0.2) is 19.5 Å². The van der Waals surface area contributed by atoms with Gasteiger partial charge in [0.15, 0.2) is 28.4 Å². The molecule has 1 unspecified atom stereocenters. The number of nitrogens with one attached hydrogen (secondary N) is 1. The maximum Gasteiger partial charge on any atom is 0.472 e. The number of imidazole rings is 1. The third kappa shape index (κ3) is 4.51. The SMILES string of the molecule is O=P1(O)OC[C@H]2O[C@@H](n3c(Sc4ccc(Cl)cc4)nc4c(Nc5ccccc5)ncnc43)[C@H](O)[C@@H]2O1. The number of hydrogen-bond acceptors (Lipinski definition) is 10. The number of aliphatic hydroxyl groups excluding tert-OH is 1. The number of nitrogens with zero attached hydrogens (tertiary/aromatic N) is 4. The van der Waals surface area contributed by atoms with E-state index in [4.69, 9.17) is 30.4 Å². The van der Waals surface area contributed by atoms with Gasteiger partial charge in [0.05, 0.1) is 6.61 Å². The van der Waals surface area contributed by atoms with Gasteiger partial charge in [-0.3, -0.25) is 13.6 Å². The molecule has 0 aliphatic carbocycles. The molecule has 2 fully saturated rings. The summed E-state index contributed by atoms with van der Waals surface area (Å²) >= 11 is 7.36. The molecule has 36 heavy (non-hydrogen) atoms. The molecular weight excluding hydrogens is 529 g/mol. The second-order valence-electron chi connectivity index (χ2n) is 8.10. The van der Waals surface area contributed by atoms with Gasteiger partial charge < -0.3 is 20.1 Å². The summed E-state index contributed by atoms with van der Waals surface area (Å²) in [5.41, 5.74) is 1.66. The Morgan fingerprint density at radius 2 is 1.92 bits per heavy atom. The van der Waals surface area contributed by atoms with E-state index in [2.05, 4.69) is 15.3 Å². The molecule has 0 radical (unpaired) electrons. The van der Waals surface area contributed by atoms with E-state index in [1.54, 1.807) is 16.7 Å². The zero-order valence-electron chi connectivity index (χ0n) is 18.3. The fourth-order valence-electron chi connectivity index (χ4n) is 4.10. The molecule has 11 nitrogen and oxygen atoms in total. The summed E-state index contributed by atoms with van der Waals surface area (Å²) in [5.74, 6) is 0.465. The van der Waals surface area contributed by atoms with E-state index in [1.165, 1.54) is 18.1 Å². The number of benzene rings is 2. The van der Waals surface area contributed by atoms with Crippen molar-refractivity contribution in [2.45, 2.75) is 34.6 Å². The Balaban J connectivity index is 1.44. The second kappa shape index (κ2) is 9.40. The maximum atomic E-state index is 12.0. The Labute approximate surface area is 214 Å². The van der Waals surface area contributed by atoms with Crippen LogP contribution >= 0.6 is 31.2 Å². The van der Waals surface area contributed by atoms with Crippen LogP contribution in [0.3, 0.4) is 0 Å². The predicted molar refractivity (Wildman–Crippen MR) is 131 cm³/mol. The molecule has 6 rings (SSSR count). The number of phosphoric acid groups is 1. The van der Waals surface area contributed by atoms with Gasteiger partial charge in [-0.05, 0) is 36.4 Å². The quantitative estimate of drug-likeness (QED) is 0.310. The number of phosphoric ester groups is 1. The highest BCUT2D eigenvalue weighted by Gasteiger charge is 2.53. The van der Waals surface area contributed by atoms with Gasteiger partial charge in [0.25, 0.3) is 0 Å². The van der Waals surface area contributed by atoms with E-state index in [1.807, 2.05) is 42.5 Å². The van der Waals surface area contributed by atoms with E-state index in [0.717, 1.165) is 10.6 Å². The van der Waals surface area contributed by atoms with Crippen molar-refractivity contribution >= 4 is 53.9 Å². The van der Waals surface area contributed by atoms with E-state index in [0.29, 0.717) is 27.2 Å². The van der Waals surface area contributed by atoms with Crippen LogP contribution in [-0.2, 0) is 18.3 Å². The molecule has 14 heteroatoms. The van der Waals surface area contributed by atoms with Gasteiger partial charge in [0.1, 0.15) is 24.6 Å². The lowest BCUT2D eigenvalue weighted by atomic mass is 10.1. The number of aromatic nitrogens is 4. The van der Waals surface area contributed by atoms with Crippen molar-refractivity contribution in [1.29, 1.82) is 0 Å². The van der Waals surface area contributed by atoms with E-state index in [9.17, 15) is 14.6 Å². The van der Waals surface area contributed by atoms with Crippen molar-refractivity contribution in [3.63, 3.8) is 0 Å². The minimum atomic E-state index is -4.28. The Morgan fingerprint density at radius 3 is 2.69 bits per heavy atom. The molecule has 186 valence electrons. The van der Waals surface area contributed by atoms with Gasteiger partial charge >= 0.3 is 7.82 Å². The highest BCUT2D eigenvalue weighted by Crippen LogP contribution is 2.53. The number of para-hydroxylation sites is 1. The number of aliphatic hydroxyl groups is 1. The van der Waals surface area contributed by atoms with E-state index < -0.39 is 32.4 Å². The lowest BCUT2D eigenvalue weighted by molar-refractivity contribution is -0.0684. The van der Waals surface area contributed by atoms with Crippen LogP contribution in [0.4, 0.5) is 11.5 Å². The molecule has 2 aliphatic rings. The Kier molecular flexibility index (Phi) is 6.22. The van der Waals surface area contributed by atoms with Gasteiger partial charge in [0, 0.05) is 15.6 Å². The van der Waals surface area contributed by atoms with Gasteiger partial charge in [0.2, 0.25) is 0 Å². The average molecular weight is 548 g/mol. The number of ether oxygens (including phenoxy) is 1. The minimum absolute atomic E-state index is 0.200. The molecule has 2 aliphatic heterocycles. The van der Waals surface area contributed by atoms with Gasteiger partial charge in [-0.1, -0.05) is 41.6 Å². The van der Waals surface area contributed by atoms with Crippen LogP contribution in [0.15, 0.2) is 71.0 Å². The fourth-order valence-corrected chi connectivity index (χ4v) is 6.10. The molecule has 4 aromatic rings. The first-order chi connectivity index (χ1) is 17.4. The summed E-state index contributed by atoms with van der Waals surface area (Å²) in [6, 6.07) is 16.7. The normalized spacial score (nSPS) is 27.8. The van der Waals surface area contributed by atoms with Crippen LogP contribution in [0, 0.1) is 0 Å². The average Bonchev–Trinajstić information content (AvgIpc) is 3.38. The molecule has 3 N–H and O–H groups in total. The number of fused-ring (bicyclic) bond motifs is 2. The third-order valence-electron chi connectivity index (χ3n) is 5.72. The first-order valence-electron chi connectivity index (χ1n) is 10.9. The van der Waals surface area contributed by atoms with Crippen molar-refractivity contribution < 1.29 is 28.3 Å². The predicted octanol–water partition coefficient (Wildman–Crippen LogP) is 4.15. The lowest BCUT2D eigenvalue weighted by Gasteiger charge is -2.27. The van der Waals surface area contributed by atoms with Crippen molar-refractivity contribution in [1.82, 2.24) is 19.5 Å². The van der Waals surface area contributed by atoms with Gasteiger partial charge in [-0.15, -0.1) is 0 Å². The number of anilines is 2. The van der Waals surface area contributed by atoms with E-state index in [-0.39, 0.29) is 6.61 Å². The lowest BCUT2D eigenvalue weighted by Crippen LogP contribution is -2.39. The Hall–Kier alpha value is -2.54. The summed E-state index contributed by atoms with van der Waals surface area (Å²) in [7, 11) is -4.28. The van der Waals surface area contributed by atoms with Crippen LogP contribution in [0.2, 0.25) is 5.02 Å². The monoisotopic (exact) mass is 547 g/mol. The summed E-state index contributed by atoms with van der Waals surface area (Å²) in [6.45, 7) is -0.200. The molecule has 0 bridgehead atoms. The van der Waals surface area contributed by atoms with Crippen LogP contribution < -0.4 is 5.32 Å². The molecule has 0 amide bonds. The number of rotatable bonds is 5. The van der Waals surface area contributed by atoms with Crippen LogP contribution in [-0.4, -0.2) is 54.4 Å².